The molecule has 1 aliphatic rings. The minimum Gasteiger partial charge on any atom is -0.451 e. The Kier molecular flexibility index (Phi) is 2.82. The smallest absolute Gasteiger partial charge is 0.287 e. The highest BCUT2D eigenvalue weighted by molar-refractivity contribution is 5.96. The Balaban J connectivity index is 1.82. The van der Waals surface area contributed by atoms with Crippen molar-refractivity contribution in [2.45, 2.75) is 38.6 Å². The highest BCUT2D eigenvalue weighted by Gasteiger charge is 2.20. The normalized spacial score (nSPS) is 16.3. The number of fused-ring (bicyclic) bond motifs is 1. The van der Waals surface area contributed by atoms with Gasteiger partial charge in [-0.05, 0) is 37.5 Å². The maximum atomic E-state index is 12.1. The number of carbonyl (C=O) groups is 1. The molecule has 3 heteroatoms. The third kappa shape index (κ3) is 2.13. The summed E-state index contributed by atoms with van der Waals surface area (Å²) in [6.45, 7) is 2.01. The average Bonchev–Trinajstić information content (AvgIpc) is 2.96. The first-order valence-corrected chi connectivity index (χ1v) is 6.53. The van der Waals surface area contributed by atoms with Crippen LogP contribution in [-0.4, -0.2) is 11.9 Å². The zero-order valence-corrected chi connectivity index (χ0v) is 10.5. The van der Waals surface area contributed by atoms with Crippen molar-refractivity contribution >= 4 is 16.9 Å². The Morgan fingerprint density at radius 2 is 2.06 bits per heavy atom. The Hall–Kier alpha value is -1.77. The van der Waals surface area contributed by atoms with Crippen molar-refractivity contribution < 1.29 is 9.21 Å². The molecule has 1 fully saturated rings. The summed E-state index contributed by atoms with van der Waals surface area (Å²) in [5, 5.41) is 4.02. The van der Waals surface area contributed by atoms with Gasteiger partial charge >= 0.3 is 0 Å². The maximum absolute atomic E-state index is 12.1. The Bertz CT molecular complexity index is 579. The molecule has 0 aliphatic heterocycles. The molecule has 1 heterocycles. The van der Waals surface area contributed by atoms with Crippen molar-refractivity contribution in [3.05, 3.63) is 35.6 Å². The minimum atomic E-state index is -0.0873. The standard InChI is InChI=1S/C15H17NO2/c1-10-6-7-11-9-14(18-13(11)8-10)15(17)16-12-4-2-3-5-12/h6-9,12H,2-5H2,1H3,(H,16,17). The van der Waals surface area contributed by atoms with E-state index < -0.39 is 0 Å². The molecule has 94 valence electrons. The molecule has 1 saturated carbocycles. The number of benzene rings is 1. The molecule has 0 unspecified atom stereocenters. The average molecular weight is 243 g/mol. The van der Waals surface area contributed by atoms with Crippen molar-refractivity contribution in [2.75, 3.05) is 0 Å². The van der Waals surface area contributed by atoms with Gasteiger partial charge < -0.3 is 9.73 Å². The first kappa shape index (κ1) is 11.3. The van der Waals surface area contributed by atoms with Crippen molar-refractivity contribution in [3.8, 4) is 0 Å². The summed E-state index contributed by atoms with van der Waals surface area (Å²) < 4.78 is 5.61. The highest BCUT2D eigenvalue weighted by Crippen LogP contribution is 2.22. The molecule has 0 radical (unpaired) electrons. The van der Waals surface area contributed by atoms with Gasteiger partial charge in [-0.1, -0.05) is 25.0 Å². The molecule has 3 nitrogen and oxygen atoms in total. The second-order valence-electron chi connectivity index (χ2n) is 5.11. The van der Waals surface area contributed by atoms with Crippen LogP contribution >= 0.6 is 0 Å². The second-order valence-corrected chi connectivity index (χ2v) is 5.11. The quantitative estimate of drug-likeness (QED) is 0.878. The van der Waals surface area contributed by atoms with Crippen molar-refractivity contribution in [1.82, 2.24) is 5.32 Å². The number of furan rings is 1. The molecule has 0 bridgehead atoms. The first-order chi connectivity index (χ1) is 8.72. The van der Waals surface area contributed by atoms with Gasteiger partial charge in [0.25, 0.3) is 5.91 Å². The Morgan fingerprint density at radius 3 is 2.83 bits per heavy atom. The van der Waals surface area contributed by atoms with Crippen LogP contribution in [0.1, 0.15) is 41.8 Å². The zero-order chi connectivity index (χ0) is 12.5. The van der Waals surface area contributed by atoms with E-state index in [-0.39, 0.29) is 5.91 Å². The lowest BCUT2D eigenvalue weighted by molar-refractivity contribution is 0.0912. The van der Waals surface area contributed by atoms with Gasteiger partial charge in [-0.2, -0.15) is 0 Å². The number of nitrogens with one attached hydrogen (secondary N) is 1. The van der Waals surface area contributed by atoms with E-state index in [9.17, 15) is 4.79 Å². The summed E-state index contributed by atoms with van der Waals surface area (Å²) in [6, 6.07) is 8.12. The van der Waals surface area contributed by atoms with E-state index >= 15 is 0 Å². The van der Waals surface area contributed by atoms with E-state index in [1.807, 2.05) is 31.2 Å². The first-order valence-electron chi connectivity index (χ1n) is 6.53. The fraction of sp³-hybridized carbons (Fsp3) is 0.400. The Labute approximate surface area is 106 Å². The predicted molar refractivity (Wildman–Crippen MR) is 70.7 cm³/mol. The lowest BCUT2D eigenvalue weighted by Crippen LogP contribution is -2.32. The van der Waals surface area contributed by atoms with Gasteiger partial charge in [-0.15, -0.1) is 0 Å². The van der Waals surface area contributed by atoms with E-state index in [1.54, 1.807) is 0 Å². The number of aryl methyl sites for hydroxylation is 1. The van der Waals surface area contributed by atoms with Gasteiger partial charge in [0.15, 0.2) is 5.76 Å². The van der Waals surface area contributed by atoms with Gasteiger partial charge in [-0.3, -0.25) is 4.79 Å². The number of hydrogen-bond donors (Lipinski definition) is 1. The lowest BCUT2D eigenvalue weighted by Gasteiger charge is -2.09. The van der Waals surface area contributed by atoms with Crippen molar-refractivity contribution in [2.24, 2.45) is 0 Å². The van der Waals surface area contributed by atoms with Gasteiger partial charge in [0.1, 0.15) is 5.58 Å². The topological polar surface area (TPSA) is 42.2 Å². The van der Waals surface area contributed by atoms with E-state index in [0.29, 0.717) is 11.8 Å². The SMILES string of the molecule is Cc1ccc2cc(C(=O)NC3CCCC3)oc2c1. The van der Waals surface area contributed by atoms with Crippen LogP contribution in [0, 0.1) is 6.92 Å². The summed E-state index contributed by atoms with van der Waals surface area (Å²) in [4.78, 5) is 12.1. The van der Waals surface area contributed by atoms with E-state index in [1.165, 1.54) is 12.8 Å². The van der Waals surface area contributed by atoms with Gasteiger partial charge in [-0.25, -0.2) is 0 Å². The summed E-state index contributed by atoms with van der Waals surface area (Å²) in [7, 11) is 0. The monoisotopic (exact) mass is 243 g/mol. The maximum Gasteiger partial charge on any atom is 0.287 e. The molecule has 0 atom stereocenters. The van der Waals surface area contributed by atoms with Gasteiger partial charge in [0.05, 0.1) is 0 Å². The molecule has 3 rings (SSSR count). The summed E-state index contributed by atoms with van der Waals surface area (Å²) in [6.07, 6.45) is 4.60. The molecule has 1 aromatic heterocycles. The largest absolute Gasteiger partial charge is 0.451 e. The van der Waals surface area contributed by atoms with Crippen molar-refractivity contribution in [1.29, 1.82) is 0 Å². The van der Waals surface area contributed by atoms with Crippen LogP contribution in [0.5, 0.6) is 0 Å². The molecular formula is C15H17NO2. The highest BCUT2D eigenvalue weighted by atomic mass is 16.3. The molecule has 0 spiro atoms. The van der Waals surface area contributed by atoms with Crippen LogP contribution in [0.3, 0.4) is 0 Å². The third-order valence-corrected chi connectivity index (χ3v) is 3.59. The van der Waals surface area contributed by atoms with E-state index in [2.05, 4.69) is 5.32 Å². The number of carbonyl (C=O) groups excluding carboxylic acids is 1. The molecular weight excluding hydrogens is 226 g/mol. The van der Waals surface area contributed by atoms with Crippen molar-refractivity contribution in [3.63, 3.8) is 0 Å². The van der Waals surface area contributed by atoms with Crippen LogP contribution in [0.25, 0.3) is 11.0 Å². The molecule has 1 N–H and O–H groups in total. The van der Waals surface area contributed by atoms with Crippen LogP contribution in [0.4, 0.5) is 0 Å². The van der Waals surface area contributed by atoms with E-state index in [0.717, 1.165) is 29.4 Å². The zero-order valence-electron chi connectivity index (χ0n) is 10.5. The molecule has 1 aromatic carbocycles. The number of rotatable bonds is 2. The van der Waals surface area contributed by atoms with Crippen LogP contribution < -0.4 is 5.32 Å². The fourth-order valence-corrected chi connectivity index (χ4v) is 2.58. The van der Waals surface area contributed by atoms with Gasteiger partial charge in [0.2, 0.25) is 0 Å². The van der Waals surface area contributed by atoms with E-state index in [4.69, 9.17) is 4.42 Å². The molecule has 1 amide bonds. The molecule has 18 heavy (non-hydrogen) atoms. The van der Waals surface area contributed by atoms with Crippen LogP contribution in [0.2, 0.25) is 0 Å². The summed E-state index contributed by atoms with van der Waals surface area (Å²) >= 11 is 0. The Morgan fingerprint density at radius 1 is 1.28 bits per heavy atom. The molecule has 1 aliphatic carbocycles. The predicted octanol–water partition coefficient (Wildman–Crippen LogP) is 3.41. The van der Waals surface area contributed by atoms with Crippen LogP contribution in [-0.2, 0) is 0 Å². The summed E-state index contributed by atoms with van der Waals surface area (Å²) in [5.74, 6) is 0.332. The number of hydrogen-bond acceptors (Lipinski definition) is 2. The third-order valence-electron chi connectivity index (χ3n) is 3.59. The molecule has 2 aromatic rings. The number of amides is 1. The van der Waals surface area contributed by atoms with Gasteiger partial charge in [0, 0.05) is 11.4 Å². The summed E-state index contributed by atoms with van der Waals surface area (Å²) in [5.41, 5.74) is 1.92. The lowest BCUT2D eigenvalue weighted by atomic mass is 10.2. The molecule has 0 saturated heterocycles. The van der Waals surface area contributed by atoms with Crippen LogP contribution in [0.15, 0.2) is 28.7 Å². The second kappa shape index (κ2) is 4.48. The fourth-order valence-electron chi connectivity index (χ4n) is 2.58. The minimum absolute atomic E-state index is 0.0873.